The van der Waals surface area contributed by atoms with Crippen molar-refractivity contribution in [3.8, 4) is 0 Å². The van der Waals surface area contributed by atoms with Crippen LogP contribution in [0.15, 0.2) is 29.3 Å². The Hall–Kier alpha value is -1.31. The highest BCUT2D eigenvalue weighted by Crippen LogP contribution is 2.39. The van der Waals surface area contributed by atoms with E-state index in [4.69, 9.17) is 4.74 Å². The summed E-state index contributed by atoms with van der Waals surface area (Å²) < 4.78 is 5.62. The molecule has 0 bridgehead atoms. The summed E-state index contributed by atoms with van der Waals surface area (Å²) in [6.07, 6.45) is 1.29. The van der Waals surface area contributed by atoms with Crippen LogP contribution in [0.5, 0.6) is 0 Å². The molecule has 1 aromatic rings. The molecule has 0 saturated heterocycles. The maximum absolute atomic E-state index is 5.62. The number of aliphatic imine (C=N–C) groups is 1. The van der Waals surface area contributed by atoms with Crippen LogP contribution < -0.4 is 0 Å². The molecule has 0 unspecified atom stereocenters. The summed E-state index contributed by atoms with van der Waals surface area (Å²) >= 11 is 0. The van der Waals surface area contributed by atoms with Gasteiger partial charge >= 0.3 is 0 Å². The SMILES string of the molecule is CC1=N[C@H]2c3ccccc3C[C@H]2O1. The second kappa shape index (κ2) is 2.34. The molecule has 2 nitrogen and oxygen atoms in total. The molecule has 66 valence electrons. The minimum absolute atomic E-state index is 0.274. The highest BCUT2D eigenvalue weighted by Gasteiger charge is 2.37. The lowest BCUT2D eigenvalue weighted by atomic mass is 10.1. The van der Waals surface area contributed by atoms with Crippen molar-refractivity contribution in [3.63, 3.8) is 0 Å². The largest absolute Gasteiger partial charge is 0.475 e. The summed E-state index contributed by atoms with van der Waals surface area (Å²) in [5.74, 6) is 0.838. The Morgan fingerprint density at radius 2 is 2.23 bits per heavy atom. The lowest BCUT2D eigenvalue weighted by molar-refractivity contribution is 0.204. The van der Waals surface area contributed by atoms with Crippen LogP contribution in [0, 0.1) is 0 Å². The quantitative estimate of drug-likeness (QED) is 0.588. The average Bonchev–Trinajstić information content (AvgIpc) is 2.60. The van der Waals surface area contributed by atoms with E-state index in [9.17, 15) is 0 Å². The van der Waals surface area contributed by atoms with Gasteiger partial charge in [-0.25, -0.2) is 4.99 Å². The maximum Gasteiger partial charge on any atom is 0.181 e. The van der Waals surface area contributed by atoms with Crippen molar-refractivity contribution in [1.82, 2.24) is 0 Å². The van der Waals surface area contributed by atoms with Gasteiger partial charge in [-0.05, 0) is 11.1 Å². The Bertz CT molecular complexity index is 383. The van der Waals surface area contributed by atoms with Crippen LogP contribution in [0.3, 0.4) is 0 Å². The van der Waals surface area contributed by atoms with E-state index >= 15 is 0 Å². The molecule has 0 saturated carbocycles. The second-order valence-corrected chi connectivity index (χ2v) is 3.65. The number of hydrogen-bond donors (Lipinski definition) is 0. The molecular weight excluding hydrogens is 162 g/mol. The van der Waals surface area contributed by atoms with Crippen LogP contribution in [-0.4, -0.2) is 12.0 Å². The zero-order valence-electron chi connectivity index (χ0n) is 7.53. The molecule has 0 spiro atoms. The minimum atomic E-state index is 0.274. The molecule has 2 atom stereocenters. The number of rotatable bonds is 0. The standard InChI is InChI=1S/C11H11NO/c1-7-12-11-9-5-3-2-4-8(9)6-10(11)13-7/h2-5,10-11H,6H2,1H3/t10-,11+/m1/s1. The third-order valence-electron chi connectivity index (χ3n) is 2.79. The molecule has 13 heavy (non-hydrogen) atoms. The average molecular weight is 173 g/mol. The van der Waals surface area contributed by atoms with Crippen molar-refractivity contribution < 1.29 is 4.74 Å². The lowest BCUT2D eigenvalue weighted by Crippen LogP contribution is -2.11. The van der Waals surface area contributed by atoms with Gasteiger partial charge in [0, 0.05) is 13.3 Å². The first-order chi connectivity index (χ1) is 6.34. The molecule has 1 aromatic carbocycles. The first kappa shape index (κ1) is 7.13. The molecule has 0 amide bonds. The molecule has 0 aromatic heterocycles. The smallest absolute Gasteiger partial charge is 0.181 e. The highest BCUT2D eigenvalue weighted by atomic mass is 16.5. The van der Waals surface area contributed by atoms with Gasteiger partial charge in [-0.3, -0.25) is 0 Å². The molecule has 1 aliphatic heterocycles. The Morgan fingerprint density at radius 3 is 3.15 bits per heavy atom. The van der Waals surface area contributed by atoms with Crippen molar-refractivity contribution in [1.29, 1.82) is 0 Å². The molecule has 3 rings (SSSR count). The van der Waals surface area contributed by atoms with Crippen molar-refractivity contribution >= 4 is 5.90 Å². The molecular formula is C11H11NO. The van der Waals surface area contributed by atoms with E-state index in [1.165, 1.54) is 11.1 Å². The van der Waals surface area contributed by atoms with Crippen LogP contribution in [0.25, 0.3) is 0 Å². The first-order valence-corrected chi connectivity index (χ1v) is 4.63. The number of benzene rings is 1. The van der Waals surface area contributed by atoms with Gasteiger partial charge in [0.25, 0.3) is 0 Å². The Morgan fingerprint density at radius 1 is 1.38 bits per heavy atom. The van der Waals surface area contributed by atoms with Gasteiger partial charge in [-0.2, -0.15) is 0 Å². The van der Waals surface area contributed by atoms with E-state index in [0.29, 0.717) is 0 Å². The normalized spacial score (nSPS) is 29.2. The van der Waals surface area contributed by atoms with Gasteiger partial charge in [0.15, 0.2) is 5.90 Å². The van der Waals surface area contributed by atoms with Crippen LogP contribution >= 0.6 is 0 Å². The molecule has 1 heterocycles. The van der Waals surface area contributed by atoms with Gasteiger partial charge in [-0.1, -0.05) is 24.3 Å². The zero-order chi connectivity index (χ0) is 8.84. The van der Waals surface area contributed by atoms with Gasteiger partial charge in [0.2, 0.25) is 0 Å². The van der Waals surface area contributed by atoms with Crippen LogP contribution in [-0.2, 0) is 11.2 Å². The Balaban J connectivity index is 2.10. The fourth-order valence-electron chi connectivity index (χ4n) is 2.24. The summed E-state index contributed by atoms with van der Waals surface area (Å²) in [6, 6.07) is 8.75. The molecule has 0 radical (unpaired) electrons. The predicted octanol–water partition coefficient (Wildman–Crippen LogP) is 2.10. The Labute approximate surface area is 77.3 Å². The van der Waals surface area contributed by atoms with Gasteiger partial charge in [0.05, 0.1) is 0 Å². The van der Waals surface area contributed by atoms with Crippen molar-refractivity contribution in [2.24, 2.45) is 4.99 Å². The summed E-state index contributed by atoms with van der Waals surface area (Å²) in [5.41, 5.74) is 2.75. The van der Waals surface area contributed by atoms with E-state index in [2.05, 4.69) is 29.3 Å². The van der Waals surface area contributed by atoms with E-state index in [1.54, 1.807) is 0 Å². The fraction of sp³-hybridized carbons (Fsp3) is 0.364. The highest BCUT2D eigenvalue weighted by molar-refractivity contribution is 5.76. The summed E-state index contributed by atoms with van der Waals surface area (Å²) in [5, 5.41) is 0. The monoisotopic (exact) mass is 173 g/mol. The molecule has 2 heteroatoms. The van der Waals surface area contributed by atoms with Crippen molar-refractivity contribution in [3.05, 3.63) is 35.4 Å². The first-order valence-electron chi connectivity index (χ1n) is 4.63. The number of hydrogen-bond acceptors (Lipinski definition) is 2. The minimum Gasteiger partial charge on any atom is -0.475 e. The molecule has 0 fully saturated rings. The molecule has 1 aliphatic carbocycles. The lowest BCUT2D eigenvalue weighted by Gasteiger charge is -2.06. The van der Waals surface area contributed by atoms with E-state index in [1.807, 2.05) is 6.92 Å². The maximum atomic E-state index is 5.62. The predicted molar refractivity (Wildman–Crippen MR) is 50.9 cm³/mol. The molecule has 0 N–H and O–H groups in total. The number of ether oxygens (including phenoxy) is 1. The van der Waals surface area contributed by atoms with Crippen LogP contribution in [0.4, 0.5) is 0 Å². The summed E-state index contributed by atoms with van der Waals surface area (Å²) in [7, 11) is 0. The van der Waals surface area contributed by atoms with Crippen molar-refractivity contribution in [2.45, 2.75) is 25.5 Å². The van der Waals surface area contributed by atoms with Gasteiger partial charge < -0.3 is 4.74 Å². The summed E-state index contributed by atoms with van der Waals surface area (Å²) in [6.45, 7) is 1.93. The van der Waals surface area contributed by atoms with Crippen molar-refractivity contribution in [2.75, 3.05) is 0 Å². The van der Waals surface area contributed by atoms with Crippen LogP contribution in [0.2, 0.25) is 0 Å². The third kappa shape index (κ3) is 0.916. The topological polar surface area (TPSA) is 21.6 Å². The Kier molecular flexibility index (Phi) is 1.29. The van der Waals surface area contributed by atoms with E-state index in [-0.39, 0.29) is 12.1 Å². The van der Waals surface area contributed by atoms with E-state index in [0.717, 1.165) is 12.3 Å². The van der Waals surface area contributed by atoms with Crippen LogP contribution in [0.1, 0.15) is 24.1 Å². The van der Waals surface area contributed by atoms with Gasteiger partial charge in [0.1, 0.15) is 12.1 Å². The van der Waals surface area contributed by atoms with E-state index < -0.39 is 0 Å². The second-order valence-electron chi connectivity index (χ2n) is 3.65. The fourth-order valence-corrected chi connectivity index (χ4v) is 2.24. The van der Waals surface area contributed by atoms with Gasteiger partial charge in [-0.15, -0.1) is 0 Å². The molecule has 2 aliphatic rings. The number of nitrogens with zero attached hydrogens (tertiary/aromatic N) is 1. The summed E-state index contributed by atoms with van der Waals surface area (Å²) in [4.78, 5) is 4.49. The zero-order valence-corrected chi connectivity index (χ0v) is 7.53. The number of fused-ring (bicyclic) bond motifs is 3. The third-order valence-corrected chi connectivity index (χ3v) is 2.79.